The van der Waals surface area contributed by atoms with Crippen LogP contribution in [0.2, 0.25) is 0 Å². The lowest BCUT2D eigenvalue weighted by atomic mass is 10.1. The number of carbonyl (C=O) groups is 3. The highest BCUT2D eigenvalue weighted by atomic mass is 16.2. The van der Waals surface area contributed by atoms with E-state index in [0.717, 1.165) is 29.8 Å². The minimum Gasteiger partial charge on any atom is -0.341 e. The van der Waals surface area contributed by atoms with Crippen LogP contribution in [0.1, 0.15) is 30.0 Å². The molecule has 146 valence electrons. The summed E-state index contributed by atoms with van der Waals surface area (Å²) in [5.41, 5.74) is 2.63. The first-order chi connectivity index (χ1) is 13.6. The molecule has 1 heterocycles. The van der Waals surface area contributed by atoms with Gasteiger partial charge in [-0.25, -0.2) is 4.79 Å². The van der Waals surface area contributed by atoms with Gasteiger partial charge >= 0.3 is 6.03 Å². The molecule has 3 N–H and O–H groups in total. The van der Waals surface area contributed by atoms with E-state index in [-0.39, 0.29) is 5.91 Å². The van der Waals surface area contributed by atoms with E-state index >= 15 is 0 Å². The third-order valence-electron chi connectivity index (χ3n) is 4.69. The van der Waals surface area contributed by atoms with Crippen LogP contribution in [0.5, 0.6) is 0 Å². The second kappa shape index (κ2) is 9.14. The van der Waals surface area contributed by atoms with Crippen molar-refractivity contribution in [2.45, 2.75) is 25.4 Å². The first-order valence-corrected chi connectivity index (χ1v) is 9.28. The second-order valence-electron chi connectivity index (χ2n) is 6.61. The van der Waals surface area contributed by atoms with Gasteiger partial charge in [-0.3, -0.25) is 20.2 Å². The number of carbonyl (C=O) groups excluding carboxylic acids is 3. The van der Waals surface area contributed by atoms with Gasteiger partial charge in [0.25, 0.3) is 0 Å². The Kier molecular flexibility index (Phi) is 6.39. The van der Waals surface area contributed by atoms with Gasteiger partial charge in [0.05, 0.1) is 0 Å². The normalized spacial score (nSPS) is 14.6. The van der Waals surface area contributed by atoms with Crippen LogP contribution >= 0.6 is 0 Å². The van der Waals surface area contributed by atoms with E-state index in [2.05, 4.69) is 16.0 Å². The van der Waals surface area contributed by atoms with Crippen LogP contribution in [0.3, 0.4) is 0 Å². The van der Waals surface area contributed by atoms with Gasteiger partial charge in [0.1, 0.15) is 6.04 Å². The van der Waals surface area contributed by atoms with Crippen LogP contribution in [-0.2, 0) is 16.1 Å². The molecule has 28 heavy (non-hydrogen) atoms. The second-order valence-corrected chi connectivity index (χ2v) is 6.61. The highest BCUT2D eigenvalue weighted by Gasteiger charge is 2.23. The molecule has 1 unspecified atom stereocenters. The first kappa shape index (κ1) is 19.6. The SMILES string of the molecule is CNC(=O)NC(=O)C(NCc1ccc(N2CCCC2=O)cc1)c1ccccc1. The average molecular weight is 380 g/mol. The Morgan fingerprint density at radius 2 is 1.79 bits per heavy atom. The number of urea groups is 1. The number of benzene rings is 2. The largest absolute Gasteiger partial charge is 0.341 e. The summed E-state index contributed by atoms with van der Waals surface area (Å²) in [5.74, 6) is -0.272. The summed E-state index contributed by atoms with van der Waals surface area (Å²) in [6, 6.07) is 15.7. The molecule has 2 aromatic rings. The Labute approximate surface area is 164 Å². The quantitative estimate of drug-likeness (QED) is 0.716. The van der Waals surface area contributed by atoms with Gasteiger partial charge in [-0.15, -0.1) is 0 Å². The van der Waals surface area contributed by atoms with E-state index in [4.69, 9.17) is 0 Å². The molecule has 2 aromatic carbocycles. The van der Waals surface area contributed by atoms with E-state index in [1.54, 1.807) is 4.90 Å². The van der Waals surface area contributed by atoms with Gasteiger partial charge in [-0.05, 0) is 29.7 Å². The van der Waals surface area contributed by atoms with Gasteiger partial charge in [-0.2, -0.15) is 0 Å². The van der Waals surface area contributed by atoms with Crippen LogP contribution in [-0.4, -0.2) is 31.4 Å². The summed E-state index contributed by atoms with van der Waals surface area (Å²) >= 11 is 0. The molecule has 1 aliphatic rings. The third-order valence-corrected chi connectivity index (χ3v) is 4.69. The monoisotopic (exact) mass is 380 g/mol. The van der Waals surface area contributed by atoms with Crippen molar-refractivity contribution in [1.82, 2.24) is 16.0 Å². The number of hydrogen-bond acceptors (Lipinski definition) is 4. The van der Waals surface area contributed by atoms with Crippen molar-refractivity contribution in [3.63, 3.8) is 0 Å². The Morgan fingerprint density at radius 1 is 1.07 bits per heavy atom. The summed E-state index contributed by atoms with van der Waals surface area (Å²) in [4.78, 5) is 37.7. The van der Waals surface area contributed by atoms with Gasteiger partial charge in [0.2, 0.25) is 11.8 Å². The summed E-state index contributed by atoms with van der Waals surface area (Å²) < 4.78 is 0. The number of hydrogen-bond donors (Lipinski definition) is 3. The number of anilines is 1. The molecule has 4 amide bonds. The molecular formula is C21H24N4O3. The molecule has 1 atom stereocenters. The lowest BCUT2D eigenvalue weighted by Crippen LogP contribution is -2.44. The van der Waals surface area contributed by atoms with Crippen LogP contribution < -0.4 is 20.9 Å². The lowest BCUT2D eigenvalue weighted by molar-refractivity contribution is -0.122. The molecule has 7 heteroatoms. The molecule has 0 radical (unpaired) electrons. The van der Waals surface area contributed by atoms with Crippen molar-refractivity contribution in [1.29, 1.82) is 0 Å². The van der Waals surface area contributed by atoms with Gasteiger partial charge in [-0.1, -0.05) is 42.5 Å². The predicted molar refractivity (Wildman–Crippen MR) is 107 cm³/mol. The highest BCUT2D eigenvalue weighted by Crippen LogP contribution is 2.22. The molecule has 0 spiro atoms. The lowest BCUT2D eigenvalue weighted by Gasteiger charge is -2.19. The maximum absolute atomic E-state index is 12.5. The zero-order valence-electron chi connectivity index (χ0n) is 15.8. The van der Waals surface area contributed by atoms with Gasteiger partial charge < -0.3 is 10.2 Å². The third kappa shape index (κ3) is 4.75. The molecule has 1 aliphatic heterocycles. The Bertz CT molecular complexity index is 836. The number of nitrogens with one attached hydrogen (secondary N) is 3. The van der Waals surface area contributed by atoms with Crippen LogP contribution in [0.4, 0.5) is 10.5 Å². The number of amides is 4. The summed E-state index contributed by atoms with van der Waals surface area (Å²) in [5, 5.41) is 7.91. The van der Waals surface area contributed by atoms with E-state index in [1.165, 1.54) is 7.05 Å². The maximum Gasteiger partial charge on any atom is 0.321 e. The Hall–Kier alpha value is -3.19. The van der Waals surface area contributed by atoms with E-state index < -0.39 is 18.0 Å². The van der Waals surface area contributed by atoms with Crippen molar-refractivity contribution in [3.8, 4) is 0 Å². The minimum atomic E-state index is -0.668. The van der Waals surface area contributed by atoms with Gasteiger partial charge in [0.15, 0.2) is 0 Å². The molecule has 1 saturated heterocycles. The molecule has 7 nitrogen and oxygen atoms in total. The van der Waals surface area contributed by atoms with E-state index in [9.17, 15) is 14.4 Å². The fraction of sp³-hybridized carbons (Fsp3) is 0.286. The highest BCUT2D eigenvalue weighted by molar-refractivity contribution is 5.97. The van der Waals surface area contributed by atoms with Crippen molar-refractivity contribution >= 4 is 23.5 Å². The zero-order valence-corrected chi connectivity index (χ0v) is 15.8. The van der Waals surface area contributed by atoms with Crippen LogP contribution in [0, 0.1) is 0 Å². The summed E-state index contributed by atoms with van der Waals surface area (Å²) in [7, 11) is 1.46. The average Bonchev–Trinajstić information content (AvgIpc) is 3.15. The number of imide groups is 1. The fourth-order valence-corrected chi connectivity index (χ4v) is 3.19. The zero-order chi connectivity index (χ0) is 19.9. The summed E-state index contributed by atoms with van der Waals surface area (Å²) in [6.45, 7) is 1.20. The smallest absolute Gasteiger partial charge is 0.321 e. The number of nitrogens with zero attached hydrogens (tertiary/aromatic N) is 1. The van der Waals surface area contributed by atoms with Crippen LogP contribution in [0.25, 0.3) is 0 Å². The Morgan fingerprint density at radius 3 is 2.39 bits per heavy atom. The molecule has 0 aromatic heterocycles. The molecule has 0 saturated carbocycles. The fourth-order valence-electron chi connectivity index (χ4n) is 3.19. The minimum absolute atomic E-state index is 0.154. The molecule has 0 aliphatic carbocycles. The Balaban J connectivity index is 1.68. The topological polar surface area (TPSA) is 90.5 Å². The molecule has 3 rings (SSSR count). The number of rotatable bonds is 6. The standard InChI is InChI=1S/C21H24N4O3/c1-22-21(28)24-20(27)19(16-6-3-2-4-7-16)23-14-15-9-11-17(12-10-15)25-13-5-8-18(25)26/h2-4,6-7,9-12,19,23H,5,8,13-14H2,1H3,(H2,22,24,27,28). The maximum atomic E-state index is 12.5. The molecular weight excluding hydrogens is 356 g/mol. The first-order valence-electron chi connectivity index (χ1n) is 9.28. The molecule has 1 fully saturated rings. The van der Waals surface area contributed by atoms with Gasteiger partial charge in [0, 0.05) is 32.2 Å². The van der Waals surface area contributed by atoms with Crippen LogP contribution in [0.15, 0.2) is 54.6 Å². The van der Waals surface area contributed by atoms with Crippen molar-refractivity contribution in [2.24, 2.45) is 0 Å². The van der Waals surface area contributed by atoms with Crippen molar-refractivity contribution < 1.29 is 14.4 Å². The molecule has 0 bridgehead atoms. The van der Waals surface area contributed by atoms with Crippen molar-refractivity contribution in [3.05, 3.63) is 65.7 Å². The predicted octanol–water partition coefficient (Wildman–Crippen LogP) is 2.10. The van der Waals surface area contributed by atoms with Crippen molar-refractivity contribution in [2.75, 3.05) is 18.5 Å². The summed E-state index contributed by atoms with van der Waals surface area (Å²) in [6.07, 6.45) is 1.49. The van der Waals surface area contributed by atoms with E-state index in [0.29, 0.717) is 13.0 Å². The van der Waals surface area contributed by atoms with E-state index in [1.807, 2.05) is 54.6 Å².